The van der Waals surface area contributed by atoms with Gasteiger partial charge in [-0.3, -0.25) is 9.59 Å². The summed E-state index contributed by atoms with van der Waals surface area (Å²) in [7, 11) is 1.15. The predicted molar refractivity (Wildman–Crippen MR) is 73.2 cm³/mol. The zero-order valence-corrected chi connectivity index (χ0v) is 12.1. The summed E-state index contributed by atoms with van der Waals surface area (Å²) in [5.41, 5.74) is 0.290. The third kappa shape index (κ3) is 3.75. The fraction of sp³-hybridized carbons (Fsp3) is 0.462. The lowest BCUT2D eigenvalue weighted by molar-refractivity contribution is -0.147. The van der Waals surface area contributed by atoms with Crippen molar-refractivity contribution >= 4 is 29.4 Å². The molecule has 1 aromatic heterocycles. The fourth-order valence-electron chi connectivity index (χ4n) is 1.96. The highest BCUT2D eigenvalue weighted by Crippen LogP contribution is 2.37. The molecule has 1 saturated carbocycles. The molecule has 21 heavy (non-hydrogen) atoms. The van der Waals surface area contributed by atoms with Gasteiger partial charge in [-0.25, -0.2) is 4.79 Å². The van der Waals surface area contributed by atoms with Crippen LogP contribution in [0, 0.1) is 0 Å². The highest BCUT2D eigenvalue weighted by Gasteiger charge is 2.30. The second-order valence-electron chi connectivity index (χ2n) is 4.83. The van der Waals surface area contributed by atoms with Crippen LogP contribution >= 0.6 is 11.6 Å². The van der Waals surface area contributed by atoms with Crippen LogP contribution in [-0.4, -0.2) is 40.7 Å². The van der Waals surface area contributed by atoms with Gasteiger partial charge in [0.1, 0.15) is 11.7 Å². The number of halogens is 1. The van der Waals surface area contributed by atoms with Crippen molar-refractivity contribution < 1.29 is 24.2 Å². The first-order valence-corrected chi connectivity index (χ1v) is 6.78. The van der Waals surface area contributed by atoms with E-state index in [1.165, 1.54) is 6.07 Å². The van der Waals surface area contributed by atoms with Crippen molar-refractivity contribution in [1.29, 1.82) is 0 Å². The van der Waals surface area contributed by atoms with Crippen LogP contribution in [0.5, 0.6) is 0 Å². The quantitative estimate of drug-likeness (QED) is 0.769. The lowest BCUT2D eigenvalue weighted by atomic mass is 10.2. The second-order valence-corrected chi connectivity index (χ2v) is 5.26. The summed E-state index contributed by atoms with van der Waals surface area (Å²) >= 11 is 5.90. The maximum Gasteiger partial charge on any atom is 0.326 e. The summed E-state index contributed by atoms with van der Waals surface area (Å²) in [6, 6.07) is 0.361. The number of nitrogens with one attached hydrogen (secondary N) is 1. The summed E-state index contributed by atoms with van der Waals surface area (Å²) in [5, 5.41) is 11.8. The van der Waals surface area contributed by atoms with Crippen LogP contribution in [0.4, 0.5) is 0 Å². The summed E-state index contributed by atoms with van der Waals surface area (Å²) < 4.78 is 6.15. The van der Waals surface area contributed by atoms with Crippen LogP contribution in [-0.2, 0) is 14.3 Å². The molecule has 1 fully saturated rings. The second kappa shape index (κ2) is 6.17. The number of esters is 1. The molecule has 8 heteroatoms. The van der Waals surface area contributed by atoms with Gasteiger partial charge in [0, 0.05) is 12.2 Å². The molecule has 114 valence electrons. The largest absolute Gasteiger partial charge is 0.480 e. The van der Waals surface area contributed by atoms with E-state index in [4.69, 9.17) is 16.7 Å². The van der Waals surface area contributed by atoms with Crippen molar-refractivity contribution in [3.8, 4) is 0 Å². The molecule has 1 heterocycles. The van der Waals surface area contributed by atoms with Crippen molar-refractivity contribution in [2.24, 2.45) is 0 Å². The number of carbonyl (C=O) groups excluding carboxylic acids is 2. The van der Waals surface area contributed by atoms with Crippen LogP contribution in [0.2, 0.25) is 5.02 Å². The van der Waals surface area contributed by atoms with E-state index in [0.29, 0.717) is 10.7 Å². The molecule has 0 bridgehead atoms. The first-order chi connectivity index (χ1) is 9.92. The molecule has 0 spiro atoms. The van der Waals surface area contributed by atoms with Gasteiger partial charge >= 0.3 is 11.9 Å². The van der Waals surface area contributed by atoms with Gasteiger partial charge in [0.05, 0.1) is 18.6 Å². The number of nitrogens with zero attached hydrogens (tertiary/aromatic N) is 1. The Kier molecular flexibility index (Phi) is 4.52. The number of rotatable bonds is 6. The fourth-order valence-corrected chi connectivity index (χ4v) is 2.17. The Hall–Kier alpha value is -2.02. The summed E-state index contributed by atoms with van der Waals surface area (Å²) in [6.45, 7) is 0. The number of amides is 1. The molecule has 1 amide bonds. The van der Waals surface area contributed by atoms with Crippen molar-refractivity contribution in [3.05, 3.63) is 23.0 Å². The Bertz CT molecular complexity index is 579. The van der Waals surface area contributed by atoms with E-state index in [9.17, 15) is 14.4 Å². The highest BCUT2D eigenvalue weighted by atomic mass is 35.5. The Morgan fingerprint density at radius 1 is 1.52 bits per heavy atom. The molecule has 1 atom stereocenters. The molecule has 0 unspecified atom stereocenters. The normalized spacial score (nSPS) is 15.3. The molecule has 0 radical (unpaired) electrons. The van der Waals surface area contributed by atoms with E-state index >= 15 is 0 Å². The van der Waals surface area contributed by atoms with Crippen LogP contribution < -0.4 is 5.32 Å². The Balaban J connectivity index is 2.11. The molecule has 2 rings (SSSR count). The Morgan fingerprint density at radius 3 is 2.71 bits per heavy atom. The summed E-state index contributed by atoms with van der Waals surface area (Å²) in [4.78, 5) is 34.5. The summed E-state index contributed by atoms with van der Waals surface area (Å²) in [5.74, 6) is -2.59. The minimum Gasteiger partial charge on any atom is -0.480 e. The van der Waals surface area contributed by atoms with Gasteiger partial charge in [-0.1, -0.05) is 11.6 Å². The predicted octanol–water partition coefficient (Wildman–Crippen LogP) is 1.22. The average Bonchev–Trinajstić information content (AvgIpc) is 3.20. The number of carboxylic acids is 1. The molecule has 2 N–H and O–H groups in total. The van der Waals surface area contributed by atoms with Crippen molar-refractivity contribution in [3.63, 3.8) is 0 Å². The van der Waals surface area contributed by atoms with Gasteiger partial charge in [0.25, 0.3) is 5.91 Å². The number of ether oxygens (including phenoxy) is 1. The van der Waals surface area contributed by atoms with E-state index in [-0.39, 0.29) is 6.04 Å². The molecule has 7 nitrogen and oxygen atoms in total. The third-order valence-electron chi connectivity index (χ3n) is 3.19. The molecule has 1 aliphatic carbocycles. The molecule has 1 aliphatic rings. The van der Waals surface area contributed by atoms with E-state index in [2.05, 4.69) is 10.1 Å². The lowest BCUT2D eigenvalue weighted by Gasteiger charge is -2.14. The molecule has 0 aliphatic heterocycles. The number of hydrogen-bond donors (Lipinski definition) is 2. The zero-order chi connectivity index (χ0) is 15.6. The number of carbonyl (C=O) groups is 3. The smallest absolute Gasteiger partial charge is 0.326 e. The third-order valence-corrected chi connectivity index (χ3v) is 3.40. The van der Waals surface area contributed by atoms with Crippen molar-refractivity contribution in [2.75, 3.05) is 7.11 Å². The minimum atomic E-state index is -1.34. The van der Waals surface area contributed by atoms with E-state index in [0.717, 1.165) is 20.0 Å². The summed E-state index contributed by atoms with van der Waals surface area (Å²) in [6.07, 6.45) is 3.12. The van der Waals surface area contributed by atoms with Gasteiger partial charge in [-0.15, -0.1) is 0 Å². The average molecular weight is 315 g/mol. The van der Waals surface area contributed by atoms with E-state index < -0.39 is 30.3 Å². The van der Waals surface area contributed by atoms with E-state index in [1.54, 1.807) is 10.8 Å². The molecular weight excluding hydrogens is 300 g/mol. The van der Waals surface area contributed by atoms with Gasteiger partial charge < -0.3 is 19.7 Å². The maximum absolute atomic E-state index is 12.2. The zero-order valence-electron chi connectivity index (χ0n) is 11.3. The van der Waals surface area contributed by atoms with Crippen LogP contribution in [0.25, 0.3) is 0 Å². The first kappa shape index (κ1) is 15.4. The van der Waals surface area contributed by atoms with Crippen LogP contribution in [0.3, 0.4) is 0 Å². The molecule has 0 saturated heterocycles. The monoisotopic (exact) mass is 314 g/mol. The lowest BCUT2D eigenvalue weighted by Crippen LogP contribution is -2.43. The van der Waals surface area contributed by atoms with Gasteiger partial charge in [0.15, 0.2) is 0 Å². The van der Waals surface area contributed by atoms with Gasteiger partial charge in [0.2, 0.25) is 0 Å². The molecule has 0 aromatic carbocycles. The van der Waals surface area contributed by atoms with Crippen LogP contribution in [0.1, 0.15) is 35.8 Å². The van der Waals surface area contributed by atoms with Crippen LogP contribution in [0.15, 0.2) is 12.3 Å². The van der Waals surface area contributed by atoms with Gasteiger partial charge in [-0.2, -0.15) is 0 Å². The minimum absolute atomic E-state index is 0.224. The van der Waals surface area contributed by atoms with Crippen molar-refractivity contribution in [1.82, 2.24) is 9.88 Å². The number of carboxylic acid groups (broad SMARTS) is 1. The number of methoxy groups -OCH3 is 1. The number of hydrogen-bond acceptors (Lipinski definition) is 4. The first-order valence-electron chi connectivity index (χ1n) is 6.40. The highest BCUT2D eigenvalue weighted by molar-refractivity contribution is 6.31. The number of aliphatic carboxylic acids is 1. The Morgan fingerprint density at radius 2 is 2.19 bits per heavy atom. The van der Waals surface area contributed by atoms with E-state index in [1.807, 2.05) is 0 Å². The topological polar surface area (TPSA) is 97.6 Å². The maximum atomic E-state index is 12.2. The van der Waals surface area contributed by atoms with Gasteiger partial charge in [-0.05, 0) is 18.9 Å². The van der Waals surface area contributed by atoms with Crippen molar-refractivity contribution in [2.45, 2.75) is 31.3 Å². The standard InChI is InChI=1S/C13H15ClN2O5/c1-21-11(17)5-9(13(19)20)15-12(18)10-4-7(14)6-16(10)8-2-3-8/h4,6,8-9H,2-3,5H2,1H3,(H,15,18)(H,19,20)/t9-/m0/s1. The molecular formula is C13H15ClN2O5. The Labute approximate surface area is 125 Å². The number of aromatic nitrogens is 1. The SMILES string of the molecule is COC(=O)C[C@H](NC(=O)c1cc(Cl)cn1C1CC1)C(=O)O. The molecule has 1 aromatic rings.